The van der Waals surface area contributed by atoms with E-state index in [0.29, 0.717) is 0 Å². The molecule has 2 aromatic carbocycles. The van der Waals surface area contributed by atoms with Crippen molar-refractivity contribution in [1.29, 1.82) is 0 Å². The van der Waals surface area contributed by atoms with Crippen LogP contribution in [0.4, 0.5) is 18.9 Å². The molecule has 2 rings (SSSR count). The second-order valence-corrected chi connectivity index (χ2v) is 7.04. The molecular formula is C16H15F3N2O4S. The number of hydrogen-bond donors (Lipinski definition) is 2. The Kier molecular flexibility index (Phi) is 5.76. The number of hydrogen-bond acceptors (Lipinski definition) is 4. The van der Waals surface area contributed by atoms with Gasteiger partial charge in [0.2, 0.25) is 10.0 Å². The molecule has 0 unspecified atom stereocenters. The molecule has 0 bridgehead atoms. The van der Waals surface area contributed by atoms with Crippen molar-refractivity contribution in [3.8, 4) is 5.75 Å². The van der Waals surface area contributed by atoms with Crippen molar-refractivity contribution in [2.75, 3.05) is 11.0 Å². The normalized spacial score (nSPS) is 11.7. The second-order valence-electron chi connectivity index (χ2n) is 5.29. The molecule has 2 aromatic rings. The highest BCUT2D eigenvalue weighted by atomic mass is 32.2. The third-order valence-electron chi connectivity index (χ3n) is 3.09. The number of nitrogens with one attached hydrogen (secondary N) is 2. The van der Waals surface area contributed by atoms with Crippen LogP contribution in [0.2, 0.25) is 0 Å². The van der Waals surface area contributed by atoms with Crippen molar-refractivity contribution >= 4 is 21.6 Å². The van der Waals surface area contributed by atoms with Gasteiger partial charge in [-0.3, -0.25) is 9.52 Å². The zero-order chi connectivity index (χ0) is 19.4. The maximum Gasteiger partial charge on any atom is 0.573 e. The van der Waals surface area contributed by atoms with Crippen LogP contribution in [0.5, 0.6) is 5.75 Å². The highest BCUT2D eigenvalue weighted by Gasteiger charge is 2.31. The summed E-state index contributed by atoms with van der Waals surface area (Å²) >= 11 is 0. The first kappa shape index (κ1) is 19.6. The third-order valence-corrected chi connectivity index (χ3v) is 3.69. The summed E-state index contributed by atoms with van der Waals surface area (Å²) in [6, 6.07) is 11.0. The van der Waals surface area contributed by atoms with Gasteiger partial charge >= 0.3 is 6.36 Å². The zero-order valence-electron chi connectivity index (χ0n) is 13.5. The molecule has 0 aliphatic carbocycles. The molecule has 0 radical (unpaired) electrons. The van der Waals surface area contributed by atoms with E-state index >= 15 is 0 Å². The maximum absolute atomic E-state index is 12.4. The fourth-order valence-electron chi connectivity index (χ4n) is 2.06. The average molecular weight is 388 g/mol. The summed E-state index contributed by atoms with van der Waals surface area (Å²) in [6.45, 7) is -0.172. The standard InChI is InChI=1S/C16H15F3N2O4S/c1-26(23,24)21-13-8-6-11(7-9-13)15(22)20-10-12-4-2-3-5-14(12)25-16(17,18)19/h2-9,21H,10H2,1H3,(H,20,22). The van der Waals surface area contributed by atoms with Gasteiger partial charge in [-0.1, -0.05) is 18.2 Å². The maximum atomic E-state index is 12.4. The van der Waals surface area contributed by atoms with Crippen molar-refractivity contribution < 1.29 is 31.1 Å². The lowest BCUT2D eigenvalue weighted by molar-refractivity contribution is -0.274. The molecule has 0 atom stereocenters. The van der Waals surface area contributed by atoms with Gasteiger partial charge < -0.3 is 10.1 Å². The van der Waals surface area contributed by atoms with Crippen LogP contribution in [0, 0.1) is 0 Å². The molecule has 10 heteroatoms. The van der Waals surface area contributed by atoms with Crippen molar-refractivity contribution in [2.45, 2.75) is 12.9 Å². The van der Waals surface area contributed by atoms with Gasteiger partial charge in [0.1, 0.15) is 5.75 Å². The minimum atomic E-state index is -4.83. The summed E-state index contributed by atoms with van der Waals surface area (Å²) in [5.74, 6) is -0.925. The molecule has 0 saturated heterocycles. The molecular weight excluding hydrogens is 373 g/mol. The Bertz CT molecular complexity index is 881. The van der Waals surface area contributed by atoms with Gasteiger partial charge in [-0.25, -0.2) is 8.42 Å². The first-order chi connectivity index (χ1) is 12.0. The Hall–Kier alpha value is -2.75. The van der Waals surface area contributed by atoms with E-state index in [4.69, 9.17) is 0 Å². The van der Waals surface area contributed by atoms with Gasteiger partial charge in [0.05, 0.1) is 6.26 Å². The fraction of sp³-hybridized carbons (Fsp3) is 0.188. The summed E-state index contributed by atoms with van der Waals surface area (Å²) in [5.41, 5.74) is 0.666. The number of ether oxygens (including phenoxy) is 1. The summed E-state index contributed by atoms with van der Waals surface area (Å²) in [6.07, 6.45) is -3.84. The minimum absolute atomic E-state index is 0.161. The summed E-state index contributed by atoms with van der Waals surface area (Å²) < 4.78 is 65.6. The molecule has 0 spiro atoms. The largest absolute Gasteiger partial charge is 0.573 e. The third kappa shape index (κ3) is 6.28. The van der Waals surface area contributed by atoms with E-state index in [1.807, 2.05) is 0 Å². The zero-order valence-corrected chi connectivity index (χ0v) is 14.3. The molecule has 0 fully saturated rings. The molecule has 0 heterocycles. The minimum Gasteiger partial charge on any atom is -0.405 e. The smallest absolute Gasteiger partial charge is 0.405 e. The van der Waals surface area contributed by atoms with Crippen LogP contribution in [0.15, 0.2) is 48.5 Å². The first-order valence-electron chi connectivity index (χ1n) is 7.23. The van der Waals surface area contributed by atoms with Crippen molar-refractivity contribution in [1.82, 2.24) is 5.32 Å². The lowest BCUT2D eigenvalue weighted by Gasteiger charge is -2.13. The van der Waals surface area contributed by atoms with Crippen LogP contribution < -0.4 is 14.8 Å². The molecule has 1 amide bonds. The second kappa shape index (κ2) is 7.65. The molecule has 140 valence electrons. The Labute approximate surface area is 148 Å². The van der Waals surface area contributed by atoms with E-state index in [2.05, 4.69) is 14.8 Å². The van der Waals surface area contributed by atoms with Crippen LogP contribution in [-0.2, 0) is 16.6 Å². The van der Waals surface area contributed by atoms with Crippen LogP contribution in [-0.4, -0.2) is 26.9 Å². The lowest BCUT2D eigenvalue weighted by Crippen LogP contribution is -2.24. The molecule has 6 nitrogen and oxygen atoms in total. The number of carbonyl (C=O) groups is 1. The topological polar surface area (TPSA) is 84.5 Å². The molecule has 0 aliphatic rings. The molecule has 0 aromatic heterocycles. The number of anilines is 1. The first-order valence-corrected chi connectivity index (χ1v) is 9.12. The fourth-order valence-corrected chi connectivity index (χ4v) is 2.62. The number of sulfonamides is 1. The number of para-hydroxylation sites is 1. The summed E-state index contributed by atoms with van der Waals surface area (Å²) in [4.78, 5) is 12.1. The van der Waals surface area contributed by atoms with E-state index in [-0.39, 0.29) is 23.4 Å². The summed E-state index contributed by atoms with van der Waals surface area (Å²) in [5, 5.41) is 2.48. The number of alkyl halides is 3. The van der Waals surface area contributed by atoms with E-state index in [1.54, 1.807) is 0 Å². The number of halogens is 3. The predicted molar refractivity (Wildman–Crippen MR) is 89.2 cm³/mol. The Balaban J connectivity index is 2.03. The van der Waals surface area contributed by atoms with Crippen molar-refractivity contribution in [2.24, 2.45) is 0 Å². The lowest BCUT2D eigenvalue weighted by atomic mass is 10.1. The Morgan fingerprint density at radius 1 is 1.08 bits per heavy atom. The quantitative estimate of drug-likeness (QED) is 0.797. The molecule has 26 heavy (non-hydrogen) atoms. The van der Waals surface area contributed by atoms with Gasteiger partial charge in [-0.2, -0.15) is 0 Å². The van der Waals surface area contributed by atoms with E-state index in [9.17, 15) is 26.4 Å². The van der Waals surface area contributed by atoms with Crippen LogP contribution in [0.1, 0.15) is 15.9 Å². The number of benzene rings is 2. The Morgan fingerprint density at radius 3 is 2.27 bits per heavy atom. The van der Waals surface area contributed by atoms with E-state index in [1.165, 1.54) is 42.5 Å². The highest BCUT2D eigenvalue weighted by Crippen LogP contribution is 2.26. The van der Waals surface area contributed by atoms with Crippen LogP contribution >= 0.6 is 0 Å². The molecule has 2 N–H and O–H groups in total. The molecule has 0 aliphatic heterocycles. The molecule has 0 saturated carbocycles. The van der Waals surface area contributed by atoms with E-state index in [0.717, 1.165) is 12.3 Å². The van der Waals surface area contributed by atoms with Crippen LogP contribution in [0.25, 0.3) is 0 Å². The summed E-state index contributed by atoms with van der Waals surface area (Å²) in [7, 11) is -3.43. The highest BCUT2D eigenvalue weighted by molar-refractivity contribution is 7.92. The number of amides is 1. The van der Waals surface area contributed by atoms with Gasteiger partial charge in [0.15, 0.2) is 0 Å². The number of carbonyl (C=O) groups excluding carboxylic acids is 1. The predicted octanol–water partition coefficient (Wildman–Crippen LogP) is 2.89. The van der Waals surface area contributed by atoms with Crippen LogP contribution in [0.3, 0.4) is 0 Å². The van der Waals surface area contributed by atoms with Gasteiger partial charge in [-0.15, -0.1) is 13.2 Å². The monoisotopic (exact) mass is 388 g/mol. The SMILES string of the molecule is CS(=O)(=O)Nc1ccc(C(=O)NCc2ccccc2OC(F)(F)F)cc1. The Morgan fingerprint density at radius 2 is 1.69 bits per heavy atom. The van der Waals surface area contributed by atoms with Gasteiger partial charge in [0.25, 0.3) is 5.91 Å². The van der Waals surface area contributed by atoms with Gasteiger partial charge in [0, 0.05) is 23.4 Å². The van der Waals surface area contributed by atoms with E-state index < -0.39 is 28.0 Å². The van der Waals surface area contributed by atoms with Crippen molar-refractivity contribution in [3.05, 3.63) is 59.7 Å². The number of rotatable bonds is 6. The van der Waals surface area contributed by atoms with Crippen molar-refractivity contribution in [3.63, 3.8) is 0 Å². The van der Waals surface area contributed by atoms with Gasteiger partial charge in [-0.05, 0) is 30.3 Å². The average Bonchev–Trinajstić information content (AvgIpc) is 2.51.